The number of aromatic amines is 2. The third-order valence-corrected chi connectivity index (χ3v) is 5.74. The summed E-state index contributed by atoms with van der Waals surface area (Å²) in [6.07, 6.45) is 2.97. The van der Waals surface area contributed by atoms with Gasteiger partial charge in [0.05, 0.1) is 0 Å². The van der Waals surface area contributed by atoms with Crippen LogP contribution in [0.5, 0.6) is 0 Å². The highest BCUT2D eigenvalue weighted by Gasteiger charge is 2.21. The van der Waals surface area contributed by atoms with E-state index in [-0.39, 0.29) is 22.1 Å². The number of hydrogen-bond acceptors (Lipinski definition) is 6. The highest BCUT2D eigenvalue weighted by molar-refractivity contribution is 7.90. The van der Waals surface area contributed by atoms with Crippen LogP contribution in [0.25, 0.3) is 33.8 Å². The molecule has 0 saturated heterocycles. The van der Waals surface area contributed by atoms with Crippen molar-refractivity contribution < 1.29 is 8.42 Å². The van der Waals surface area contributed by atoms with Crippen molar-refractivity contribution >= 4 is 32.6 Å². The summed E-state index contributed by atoms with van der Waals surface area (Å²) in [7, 11) is -3.62. The van der Waals surface area contributed by atoms with Gasteiger partial charge in [-0.2, -0.15) is 9.97 Å². The molecule has 3 heterocycles. The molecule has 5 rings (SSSR count). The van der Waals surface area contributed by atoms with Crippen LogP contribution in [0.3, 0.4) is 0 Å². The lowest BCUT2D eigenvalue weighted by atomic mass is 10.1. The normalized spacial score (nSPS) is 11.6. The number of imidazole rings is 1. The molecule has 0 saturated carbocycles. The van der Waals surface area contributed by atoms with Gasteiger partial charge < -0.3 is 15.3 Å². The number of fused-ring (bicyclic) bond motifs is 1. The van der Waals surface area contributed by atoms with Gasteiger partial charge in [-0.05, 0) is 29.8 Å². The van der Waals surface area contributed by atoms with Crippen molar-refractivity contribution in [3.05, 3.63) is 72.9 Å². The average molecular weight is 430 g/mol. The third-order valence-electron chi connectivity index (χ3n) is 4.74. The van der Waals surface area contributed by atoms with Crippen molar-refractivity contribution in [2.45, 2.75) is 5.03 Å². The molecule has 31 heavy (non-hydrogen) atoms. The minimum absolute atomic E-state index is 0.102. The Labute approximate surface area is 178 Å². The first-order chi connectivity index (χ1) is 15.0. The maximum Gasteiger partial charge on any atom is 0.230 e. The Kier molecular flexibility index (Phi) is 4.52. The third kappa shape index (κ3) is 3.78. The maximum absolute atomic E-state index is 12.4. The topological polar surface area (TPSA) is 116 Å². The summed E-state index contributed by atoms with van der Waals surface area (Å²) < 4.78 is 24.9. The zero-order chi connectivity index (χ0) is 21.4. The zero-order valence-corrected chi connectivity index (χ0v) is 17.3. The van der Waals surface area contributed by atoms with Crippen LogP contribution in [0.4, 0.5) is 11.6 Å². The van der Waals surface area contributed by atoms with Gasteiger partial charge in [0.25, 0.3) is 0 Å². The fraction of sp³-hybridized carbons (Fsp3) is 0.0455. The Morgan fingerprint density at radius 1 is 0.871 bits per heavy atom. The minimum atomic E-state index is -3.62. The molecule has 0 spiro atoms. The molecule has 2 aromatic carbocycles. The molecule has 9 heteroatoms. The van der Waals surface area contributed by atoms with Gasteiger partial charge >= 0.3 is 0 Å². The maximum atomic E-state index is 12.4. The second-order valence-electron chi connectivity index (χ2n) is 7.06. The molecule has 0 fully saturated rings. The van der Waals surface area contributed by atoms with Crippen molar-refractivity contribution in [3.63, 3.8) is 0 Å². The highest BCUT2D eigenvalue weighted by Crippen LogP contribution is 2.27. The number of hydrogen-bond donors (Lipinski definition) is 3. The van der Waals surface area contributed by atoms with E-state index in [1.165, 1.54) is 0 Å². The van der Waals surface area contributed by atoms with Gasteiger partial charge in [-0.1, -0.05) is 42.5 Å². The molecular formula is C22H18N6O2S. The first-order valence-corrected chi connectivity index (χ1v) is 11.4. The quantitative estimate of drug-likeness (QED) is 0.361. The monoisotopic (exact) mass is 430 g/mol. The van der Waals surface area contributed by atoms with E-state index in [1.54, 1.807) is 0 Å². The lowest BCUT2D eigenvalue weighted by Crippen LogP contribution is -2.06. The zero-order valence-electron chi connectivity index (χ0n) is 16.5. The smallest absolute Gasteiger partial charge is 0.230 e. The van der Waals surface area contributed by atoms with E-state index < -0.39 is 9.84 Å². The summed E-state index contributed by atoms with van der Waals surface area (Å²) in [5, 5.41) is 3.00. The second-order valence-corrected chi connectivity index (χ2v) is 9.00. The number of aromatic nitrogens is 5. The number of rotatable bonds is 5. The molecule has 5 aromatic rings. The molecule has 0 amide bonds. The number of nitrogens with one attached hydrogen (secondary N) is 3. The van der Waals surface area contributed by atoms with Gasteiger partial charge in [-0.15, -0.1) is 0 Å². The lowest BCUT2D eigenvalue weighted by Gasteiger charge is -2.08. The van der Waals surface area contributed by atoms with Crippen LogP contribution in [0.1, 0.15) is 0 Å². The summed E-state index contributed by atoms with van der Waals surface area (Å²) in [5.41, 5.74) is 4.06. The summed E-state index contributed by atoms with van der Waals surface area (Å²) in [6, 6.07) is 21.0. The van der Waals surface area contributed by atoms with Crippen LogP contribution in [0.15, 0.2) is 78.0 Å². The fourth-order valence-electron chi connectivity index (χ4n) is 3.33. The number of benzene rings is 2. The fourth-order valence-corrected chi connectivity index (χ4v) is 4.10. The summed E-state index contributed by atoms with van der Waals surface area (Å²) >= 11 is 0. The van der Waals surface area contributed by atoms with E-state index in [0.29, 0.717) is 5.82 Å². The van der Waals surface area contributed by atoms with E-state index in [1.807, 2.05) is 72.9 Å². The Balaban J connectivity index is 1.59. The van der Waals surface area contributed by atoms with Crippen LogP contribution >= 0.6 is 0 Å². The molecule has 8 nitrogen and oxygen atoms in total. The van der Waals surface area contributed by atoms with Crippen molar-refractivity contribution in [2.24, 2.45) is 0 Å². The van der Waals surface area contributed by atoms with E-state index in [9.17, 15) is 8.42 Å². The first-order valence-electron chi connectivity index (χ1n) is 9.51. The Morgan fingerprint density at radius 2 is 1.68 bits per heavy atom. The van der Waals surface area contributed by atoms with Crippen molar-refractivity contribution in [2.75, 3.05) is 11.6 Å². The predicted octanol–water partition coefficient (Wildman–Crippen LogP) is 4.16. The van der Waals surface area contributed by atoms with Gasteiger partial charge in [0.1, 0.15) is 11.3 Å². The van der Waals surface area contributed by atoms with Gasteiger partial charge in [-0.25, -0.2) is 13.4 Å². The van der Waals surface area contributed by atoms with Gasteiger partial charge in [-0.3, -0.25) is 0 Å². The Morgan fingerprint density at radius 3 is 2.42 bits per heavy atom. The van der Waals surface area contributed by atoms with E-state index in [2.05, 4.69) is 30.2 Å². The predicted molar refractivity (Wildman–Crippen MR) is 120 cm³/mol. The molecule has 0 unspecified atom stereocenters. The molecular weight excluding hydrogens is 412 g/mol. The first kappa shape index (κ1) is 19.0. The SMILES string of the molecule is CS(=O)(=O)c1nc(Nc2cccc(-c3ccc[nH]3)c2)nc2nc(-c3ccccc3)[nH]c12. The molecule has 0 aliphatic heterocycles. The van der Waals surface area contributed by atoms with Gasteiger partial charge in [0.2, 0.25) is 5.95 Å². The largest absolute Gasteiger partial charge is 0.361 e. The number of H-pyrrole nitrogens is 2. The van der Waals surface area contributed by atoms with Crippen molar-refractivity contribution in [3.8, 4) is 22.6 Å². The summed E-state index contributed by atoms with van der Waals surface area (Å²) in [4.78, 5) is 19.4. The highest BCUT2D eigenvalue weighted by atomic mass is 32.2. The molecule has 0 bridgehead atoms. The molecule has 3 N–H and O–H groups in total. The average Bonchev–Trinajstić information content (AvgIpc) is 3.43. The molecule has 3 aromatic heterocycles. The van der Waals surface area contributed by atoms with Crippen LogP contribution in [-0.4, -0.2) is 39.6 Å². The molecule has 0 radical (unpaired) electrons. The Bertz CT molecular complexity index is 1480. The number of anilines is 2. The minimum Gasteiger partial charge on any atom is -0.361 e. The van der Waals surface area contributed by atoms with Crippen molar-refractivity contribution in [1.82, 2.24) is 24.9 Å². The summed E-state index contributed by atoms with van der Waals surface area (Å²) in [6.45, 7) is 0. The van der Waals surface area contributed by atoms with Gasteiger partial charge in [0.15, 0.2) is 20.5 Å². The van der Waals surface area contributed by atoms with Crippen LogP contribution in [0.2, 0.25) is 0 Å². The van der Waals surface area contributed by atoms with Crippen LogP contribution in [0, 0.1) is 0 Å². The molecule has 154 valence electrons. The van der Waals surface area contributed by atoms with Crippen LogP contribution < -0.4 is 5.32 Å². The van der Waals surface area contributed by atoms with E-state index >= 15 is 0 Å². The molecule has 0 aliphatic rings. The second kappa shape index (κ2) is 7.37. The summed E-state index contributed by atoms with van der Waals surface area (Å²) in [5.74, 6) is 0.684. The van der Waals surface area contributed by atoms with E-state index in [4.69, 9.17) is 0 Å². The number of sulfone groups is 1. The van der Waals surface area contributed by atoms with E-state index in [0.717, 1.165) is 28.8 Å². The number of nitrogens with zero attached hydrogens (tertiary/aromatic N) is 3. The standard InChI is InChI=1S/C22H18N6O2S/c1-31(29,30)21-18-20(26-19(25-18)14-7-3-2-4-8-14)27-22(28-21)24-16-10-5-9-15(13-16)17-11-6-12-23-17/h2-13,23H,1H3,(H2,24,25,26,27,28). The molecule has 0 atom stereocenters. The Hall–Kier alpha value is -3.98. The van der Waals surface area contributed by atoms with Crippen molar-refractivity contribution in [1.29, 1.82) is 0 Å². The lowest BCUT2D eigenvalue weighted by molar-refractivity contribution is 0.599. The van der Waals surface area contributed by atoms with Crippen LogP contribution in [-0.2, 0) is 9.84 Å². The van der Waals surface area contributed by atoms with Gasteiger partial charge in [0, 0.05) is 29.4 Å². The molecule has 0 aliphatic carbocycles.